The molecule has 1 spiro atoms. The lowest BCUT2D eigenvalue weighted by atomic mass is 9.80. The number of carbonyl (C=O) groups is 3. The van der Waals surface area contributed by atoms with E-state index in [9.17, 15) is 14.4 Å². The molecule has 2 aliphatic rings. The molecule has 2 aromatic carbocycles. The van der Waals surface area contributed by atoms with Crippen LogP contribution in [0.15, 0.2) is 60.8 Å². The number of nitrogens with zero attached hydrogens (tertiary/aromatic N) is 6. The maximum Gasteiger partial charge on any atom is 0.302 e. The van der Waals surface area contributed by atoms with Crippen LogP contribution in [0.3, 0.4) is 0 Å². The van der Waals surface area contributed by atoms with Crippen molar-refractivity contribution >= 4 is 23.4 Å². The third-order valence-corrected chi connectivity index (χ3v) is 7.39. The summed E-state index contributed by atoms with van der Waals surface area (Å²) in [6, 6.07) is 15.9. The molecule has 3 aromatic rings. The molecule has 1 N–H and O–H groups in total. The van der Waals surface area contributed by atoms with Gasteiger partial charge in [-0.3, -0.25) is 24.1 Å². The Balaban J connectivity index is 1.42. The largest absolute Gasteiger partial charge is 0.328 e. The van der Waals surface area contributed by atoms with Crippen LogP contribution in [0.1, 0.15) is 42.7 Å². The minimum absolute atomic E-state index is 0.0859. The molecule has 1 aromatic heterocycles. The highest BCUT2D eigenvalue weighted by atomic mass is 16.2. The Morgan fingerprint density at radius 1 is 1.18 bits per heavy atom. The van der Waals surface area contributed by atoms with Gasteiger partial charge in [0.2, 0.25) is 5.91 Å². The Morgan fingerprint density at radius 2 is 1.89 bits per heavy atom. The van der Waals surface area contributed by atoms with Crippen LogP contribution in [0.4, 0.5) is 5.69 Å². The van der Waals surface area contributed by atoms with Crippen LogP contribution in [-0.2, 0) is 15.0 Å². The van der Waals surface area contributed by atoms with Crippen molar-refractivity contribution in [1.82, 2.24) is 24.8 Å². The fourth-order valence-electron chi connectivity index (χ4n) is 5.41. The minimum atomic E-state index is -0.981. The number of benzene rings is 2. The zero-order valence-electron chi connectivity index (χ0n) is 21.5. The van der Waals surface area contributed by atoms with Gasteiger partial charge in [0.15, 0.2) is 5.69 Å². The van der Waals surface area contributed by atoms with E-state index in [2.05, 4.69) is 20.5 Å². The van der Waals surface area contributed by atoms with Gasteiger partial charge in [0.25, 0.3) is 11.8 Å². The van der Waals surface area contributed by atoms with Crippen LogP contribution in [0.25, 0.3) is 10.5 Å². The molecule has 0 radical (unpaired) electrons. The second-order valence-electron chi connectivity index (χ2n) is 10.3. The Labute approximate surface area is 221 Å². The summed E-state index contributed by atoms with van der Waals surface area (Å²) < 4.78 is 1.51. The zero-order valence-corrected chi connectivity index (χ0v) is 21.5. The zero-order chi connectivity index (χ0) is 27.0. The van der Waals surface area contributed by atoms with Crippen molar-refractivity contribution in [3.8, 4) is 5.69 Å². The average molecular weight is 512 g/mol. The number of likely N-dealkylation sites (N-methyl/N-ethyl adjacent to an activating group) is 1. The number of aromatic nitrogens is 3. The van der Waals surface area contributed by atoms with E-state index in [1.807, 2.05) is 68.4 Å². The summed E-state index contributed by atoms with van der Waals surface area (Å²) in [4.78, 5) is 47.2. The molecule has 38 heavy (non-hydrogen) atoms. The number of rotatable bonds is 6. The lowest BCUT2D eigenvalue weighted by Crippen LogP contribution is -2.51. The Hall–Kier alpha value is -4.52. The van der Waals surface area contributed by atoms with Gasteiger partial charge in [-0.25, -0.2) is 11.3 Å². The van der Waals surface area contributed by atoms with E-state index in [0.717, 1.165) is 11.3 Å². The third-order valence-electron chi connectivity index (χ3n) is 7.39. The predicted molar refractivity (Wildman–Crippen MR) is 140 cm³/mol. The Bertz CT molecular complexity index is 1430. The molecule has 5 rings (SSSR count). The second kappa shape index (κ2) is 9.74. The molecule has 1 saturated heterocycles. The van der Waals surface area contributed by atoms with E-state index in [4.69, 9.17) is 6.57 Å². The summed E-state index contributed by atoms with van der Waals surface area (Å²) in [6.07, 6.45) is 1.34. The van der Waals surface area contributed by atoms with Gasteiger partial charge < -0.3 is 10.2 Å². The summed E-state index contributed by atoms with van der Waals surface area (Å²) >= 11 is 0. The third kappa shape index (κ3) is 4.20. The van der Waals surface area contributed by atoms with E-state index in [1.54, 1.807) is 7.05 Å². The van der Waals surface area contributed by atoms with Gasteiger partial charge in [0, 0.05) is 19.3 Å². The SMILES string of the molecule is [C-]#[N+][C@@H]1C[C@@]2(CN1C(=O)[C@H](CC(C)C)N(C)C(=O)c1cn(-c3ccccc3)nn1)C(=O)Nc1ccccc12. The van der Waals surface area contributed by atoms with Gasteiger partial charge in [-0.15, -0.1) is 5.10 Å². The molecule has 0 bridgehead atoms. The van der Waals surface area contributed by atoms with Crippen molar-refractivity contribution in [1.29, 1.82) is 0 Å². The molecule has 3 amide bonds. The first-order valence-electron chi connectivity index (χ1n) is 12.6. The van der Waals surface area contributed by atoms with Crippen LogP contribution < -0.4 is 5.32 Å². The fraction of sp³-hybridized carbons (Fsp3) is 0.357. The van der Waals surface area contributed by atoms with Crippen LogP contribution in [0.5, 0.6) is 0 Å². The number of anilines is 1. The minimum Gasteiger partial charge on any atom is -0.328 e. The molecule has 1 fully saturated rings. The quantitative estimate of drug-likeness (QED) is 0.512. The highest BCUT2D eigenvalue weighted by Crippen LogP contribution is 2.47. The van der Waals surface area contributed by atoms with E-state index in [0.29, 0.717) is 12.1 Å². The molecule has 10 heteroatoms. The molecule has 10 nitrogen and oxygen atoms in total. The molecule has 3 heterocycles. The van der Waals surface area contributed by atoms with E-state index >= 15 is 0 Å². The second-order valence-corrected chi connectivity index (χ2v) is 10.3. The van der Waals surface area contributed by atoms with Crippen molar-refractivity contribution in [2.75, 3.05) is 18.9 Å². The maximum absolute atomic E-state index is 14.0. The number of likely N-dealkylation sites (tertiary alicyclic amines) is 1. The Morgan fingerprint density at radius 3 is 2.61 bits per heavy atom. The van der Waals surface area contributed by atoms with Crippen molar-refractivity contribution in [2.45, 2.75) is 44.3 Å². The molecular weight excluding hydrogens is 482 g/mol. The van der Waals surface area contributed by atoms with Crippen molar-refractivity contribution in [2.24, 2.45) is 5.92 Å². The van der Waals surface area contributed by atoms with Gasteiger partial charge in [-0.1, -0.05) is 55.5 Å². The summed E-state index contributed by atoms with van der Waals surface area (Å²) in [7, 11) is 1.57. The molecule has 194 valence electrons. The van der Waals surface area contributed by atoms with E-state index < -0.39 is 23.5 Å². The van der Waals surface area contributed by atoms with Gasteiger partial charge in [0.1, 0.15) is 11.5 Å². The number of nitrogens with one attached hydrogen (secondary N) is 1. The number of hydrogen-bond acceptors (Lipinski definition) is 5. The molecule has 0 aliphatic carbocycles. The van der Waals surface area contributed by atoms with E-state index in [1.165, 1.54) is 20.7 Å². The van der Waals surface area contributed by atoms with Crippen LogP contribution >= 0.6 is 0 Å². The van der Waals surface area contributed by atoms with Crippen LogP contribution in [0.2, 0.25) is 0 Å². The molecule has 3 atom stereocenters. The summed E-state index contributed by atoms with van der Waals surface area (Å²) in [5.74, 6) is -0.897. The van der Waals surface area contributed by atoms with Crippen LogP contribution in [-0.4, -0.2) is 68.3 Å². The molecule has 0 saturated carbocycles. The van der Waals surface area contributed by atoms with Crippen molar-refractivity contribution in [3.05, 3.63) is 83.5 Å². The van der Waals surface area contributed by atoms with Gasteiger partial charge >= 0.3 is 6.17 Å². The van der Waals surface area contributed by atoms with Gasteiger partial charge in [-0.2, -0.15) is 0 Å². The maximum atomic E-state index is 14.0. The molecular formula is C28H29N7O3. The monoisotopic (exact) mass is 511 g/mol. The summed E-state index contributed by atoms with van der Waals surface area (Å²) in [5, 5.41) is 11.0. The highest BCUT2D eigenvalue weighted by Gasteiger charge is 2.59. The number of para-hydroxylation sites is 2. The molecule has 0 unspecified atom stereocenters. The van der Waals surface area contributed by atoms with E-state index in [-0.39, 0.29) is 36.4 Å². The fourth-order valence-corrected chi connectivity index (χ4v) is 5.41. The van der Waals surface area contributed by atoms with Gasteiger partial charge in [-0.05, 0) is 36.1 Å². The van der Waals surface area contributed by atoms with Crippen LogP contribution in [0, 0.1) is 12.5 Å². The topological polar surface area (TPSA) is 105 Å². The number of amides is 3. The first kappa shape index (κ1) is 25.1. The number of carbonyl (C=O) groups excluding carboxylic acids is 3. The van der Waals surface area contributed by atoms with Crippen molar-refractivity contribution < 1.29 is 14.4 Å². The Kier molecular flexibility index (Phi) is 6.45. The lowest BCUT2D eigenvalue weighted by Gasteiger charge is -2.31. The van der Waals surface area contributed by atoms with Crippen molar-refractivity contribution in [3.63, 3.8) is 0 Å². The summed E-state index contributed by atoms with van der Waals surface area (Å²) in [5.41, 5.74) is 1.40. The van der Waals surface area contributed by atoms with Gasteiger partial charge in [0.05, 0.1) is 18.3 Å². The molecule has 2 aliphatic heterocycles. The average Bonchev–Trinajstić information content (AvgIpc) is 3.64. The normalized spacial score (nSPS) is 20.8. The predicted octanol–water partition coefficient (Wildman–Crippen LogP) is 3.12. The standard InChI is InChI=1S/C28H29N7O3/c1-18(2)14-23(33(4)25(36)22-16-35(32-31-22)19-10-6-5-7-11-19)26(37)34-17-28(15-24(34)29-3)20-12-8-9-13-21(20)30-27(28)38/h5-13,16,18,23-24H,14-15,17H2,1-2,4H3,(H,30,38)/t23-,24-,28-/m0/s1. The lowest BCUT2D eigenvalue weighted by molar-refractivity contribution is -0.136. The highest BCUT2D eigenvalue weighted by molar-refractivity contribution is 6.07. The first-order chi connectivity index (χ1) is 18.2. The smallest absolute Gasteiger partial charge is 0.302 e. The number of hydrogen-bond donors (Lipinski definition) is 1. The number of fused-ring (bicyclic) bond motifs is 2. The summed E-state index contributed by atoms with van der Waals surface area (Å²) in [6.45, 7) is 11.8. The first-order valence-corrected chi connectivity index (χ1v) is 12.6.